The highest BCUT2D eigenvalue weighted by Crippen LogP contribution is 2.52. The minimum Gasteiger partial charge on any atom is -0.393 e. The van der Waals surface area contributed by atoms with Gasteiger partial charge in [-0.15, -0.1) is 0 Å². The van der Waals surface area contributed by atoms with Gasteiger partial charge in [0.2, 0.25) is 0 Å². The van der Waals surface area contributed by atoms with Crippen LogP contribution in [0.5, 0.6) is 0 Å². The fourth-order valence-electron chi connectivity index (χ4n) is 5.07. The molecule has 0 amide bonds. The van der Waals surface area contributed by atoms with Crippen LogP contribution in [0.25, 0.3) is 0 Å². The summed E-state index contributed by atoms with van der Waals surface area (Å²) in [7, 11) is 0. The van der Waals surface area contributed by atoms with Gasteiger partial charge in [-0.1, -0.05) is 81.9 Å². The average Bonchev–Trinajstić information content (AvgIpc) is 3.13. The van der Waals surface area contributed by atoms with E-state index in [0.717, 1.165) is 44.9 Å². The summed E-state index contributed by atoms with van der Waals surface area (Å²) >= 11 is 0. The lowest BCUT2D eigenvalue weighted by atomic mass is 9.67. The molecule has 31 heavy (non-hydrogen) atoms. The van der Waals surface area contributed by atoms with Gasteiger partial charge >= 0.3 is 0 Å². The van der Waals surface area contributed by atoms with E-state index in [9.17, 15) is 10.2 Å². The van der Waals surface area contributed by atoms with Crippen molar-refractivity contribution in [3.05, 3.63) is 46.6 Å². The zero-order valence-corrected chi connectivity index (χ0v) is 20.6. The molecule has 2 N–H and O–H groups in total. The molecule has 0 spiro atoms. The van der Waals surface area contributed by atoms with Gasteiger partial charge in [0, 0.05) is 11.8 Å². The van der Waals surface area contributed by atoms with Crippen LogP contribution < -0.4 is 0 Å². The van der Waals surface area contributed by atoms with Gasteiger partial charge in [-0.3, -0.25) is 0 Å². The second-order valence-corrected chi connectivity index (χ2v) is 9.27. The van der Waals surface area contributed by atoms with Gasteiger partial charge in [-0.2, -0.15) is 0 Å². The van der Waals surface area contributed by atoms with Crippen molar-refractivity contribution in [2.24, 2.45) is 5.41 Å². The molecule has 0 heterocycles. The highest BCUT2D eigenvalue weighted by Gasteiger charge is 2.39. The van der Waals surface area contributed by atoms with Crippen LogP contribution in [0.1, 0.15) is 105 Å². The molecule has 2 fully saturated rings. The molecule has 2 atom stereocenters. The first kappa shape index (κ1) is 25.7. The molecule has 3 rings (SSSR count). The van der Waals surface area contributed by atoms with Crippen molar-refractivity contribution in [1.29, 1.82) is 0 Å². The quantitative estimate of drug-likeness (QED) is 0.458. The smallest absolute Gasteiger partial charge is 0.125 e. The summed E-state index contributed by atoms with van der Waals surface area (Å²) in [4.78, 5) is 0. The van der Waals surface area contributed by atoms with Crippen LogP contribution in [0.15, 0.2) is 46.6 Å². The monoisotopic (exact) mass is 424 g/mol. The summed E-state index contributed by atoms with van der Waals surface area (Å²) in [6.07, 6.45) is 19.9. The van der Waals surface area contributed by atoms with Crippen molar-refractivity contribution in [3.63, 3.8) is 0 Å². The Morgan fingerprint density at radius 1 is 1.13 bits per heavy atom. The third-order valence-electron chi connectivity index (χ3n) is 7.29. The molecule has 2 nitrogen and oxygen atoms in total. The number of rotatable bonds is 5. The Hall–Kier alpha value is -1.56. The van der Waals surface area contributed by atoms with E-state index in [1.54, 1.807) is 0 Å². The Morgan fingerprint density at radius 2 is 1.87 bits per heavy atom. The molecule has 0 bridgehead atoms. The third-order valence-corrected chi connectivity index (χ3v) is 7.29. The Bertz CT molecular complexity index is 779. The van der Waals surface area contributed by atoms with Gasteiger partial charge in [0.1, 0.15) is 5.60 Å². The van der Waals surface area contributed by atoms with Crippen molar-refractivity contribution >= 4 is 0 Å². The van der Waals surface area contributed by atoms with E-state index in [0.29, 0.717) is 12.8 Å². The maximum atomic E-state index is 10.3. The van der Waals surface area contributed by atoms with Gasteiger partial charge in [-0.05, 0) is 75.4 Å². The molecular weight excluding hydrogens is 380 g/mol. The number of fused-ring (bicyclic) bond motifs is 1. The topological polar surface area (TPSA) is 40.5 Å². The van der Waals surface area contributed by atoms with E-state index < -0.39 is 5.60 Å². The molecule has 3 aliphatic carbocycles. The number of aliphatic hydroxyl groups is 2. The number of allylic oxidation sites excluding steroid dienone is 7. The molecule has 1 unspecified atom stereocenters. The lowest BCUT2D eigenvalue weighted by Crippen LogP contribution is -2.25. The van der Waals surface area contributed by atoms with Gasteiger partial charge in [-0.25, -0.2) is 0 Å². The predicted octanol–water partition coefficient (Wildman–Crippen LogP) is 7.19. The number of aliphatic hydroxyl groups excluding tert-OH is 1. The van der Waals surface area contributed by atoms with E-state index >= 15 is 0 Å². The molecule has 2 heteroatoms. The summed E-state index contributed by atoms with van der Waals surface area (Å²) in [5.41, 5.74) is 5.16. The number of hydrogen-bond donors (Lipinski definition) is 2. The highest BCUT2D eigenvalue weighted by atomic mass is 16.3. The van der Waals surface area contributed by atoms with Gasteiger partial charge in [0.15, 0.2) is 0 Å². The minimum atomic E-state index is -0.821. The van der Waals surface area contributed by atoms with E-state index in [4.69, 9.17) is 0 Å². The van der Waals surface area contributed by atoms with Crippen molar-refractivity contribution in [1.82, 2.24) is 0 Å². The van der Waals surface area contributed by atoms with Crippen molar-refractivity contribution in [2.75, 3.05) is 0 Å². The fraction of sp³-hybridized carbons (Fsp3) is 0.655. The summed E-state index contributed by atoms with van der Waals surface area (Å²) in [5.74, 6) is 6.33. The molecule has 0 radical (unpaired) electrons. The third kappa shape index (κ3) is 6.47. The van der Waals surface area contributed by atoms with Crippen LogP contribution in [0.4, 0.5) is 0 Å². The molecule has 0 aromatic heterocycles. The maximum Gasteiger partial charge on any atom is 0.125 e. The molecule has 0 aliphatic heterocycles. The Morgan fingerprint density at radius 3 is 2.55 bits per heavy atom. The van der Waals surface area contributed by atoms with E-state index in [-0.39, 0.29) is 11.5 Å². The highest BCUT2D eigenvalue weighted by molar-refractivity contribution is 5.53. The van der Waals surface area contributed by atoms with Gasteiger partial charge in [0.25, 0.3) is 0 Å². The summed E-state index contributed by atoms with van der Waals surface area (Å²) < 4.78 is 0. The normalized spacial score (nSPS) is 28.2. The zero-order chi connectivity index (χ0) is 22.9. The van der Waals surface area contributed by atoms with Crippen LogP contribution in [-0.2, 0) is 0 Å². The average molecular weight is 425 g/mol. The lowest BCUT2D eigenvalue weighted by Gasteiger charge is -2.37. The van der Waals surface area contributed by atoms with E-state index in [1.807, 2.05) is 27.7 Å². The predicted molar refractivity (Wildman–Crippen MR) is 133 cm³/mol. The van der Waals surface area contributed by atoms with Crippen molar-refractivity contribution in [3.8, 4) is 11.8 Å². The minimum absolute atomic E-state index is 0.141. The SMILES string of the molecule is CC.CCC(O)(C#CCCC1=CC=C2/C(=C/C=C3/CCC[C@H](O)C3)CCCC12C)CC. The fourth-order valence-corrected chi connectivity index (χ4v) is 5.07. The zero-order valence-electron chi connectivity index (χ0n) is 20.6. The van der Waals surface area contributed by atoms with Crippen molar-refractivity contribution in [2.45, 2.75) is 117 Å². The second-order valence-electron chi connectivity index (χ2n) is 9.27. The van der Waals surface area contributed by atoms with E-state index in [1.165, 1.54) is 35.1 Å². The second kappa shape index (κ2) is 11.9. The van der Waals surface area contributed by atoms with Crippen LogP contribution in [0.2, 0.25) is 0 Å². The first-order valence-corrected chi connectivity index (χ1v) is 12.6. The van der Waals surface area contributed by atoms with Crippen molar-refractivity contribution < 1.29 is 10.2 Å². The summed E-state index contributed by atoms with van der Waals surface area (Å²) in [6, 6.07) is 0. The van der Waals surface area contributed by atoms with Crippen LogP contribution in [0, 0.1) is 17.3 Å². The standard InChI is InChI=1S/C27H38O2.C2H6/c1-4-27(29,5-2)19-7-6-12-23-16-17-25-22(11-9-18-26(23,25)3)15-14-21-10-8-13-24(28)20-21;1-2/h14-17,24,28-29H,4-6,8-13,18,20H2,1-3H3;1-2H3/b21-14-,22-15+;/t24-,26?;/m0./s1. The van der Waals surface area contributed by atoms with Crippen LogP contribution >= 0.6 is 0 Å². The molecule has 172 valence electrons. The largest absolute Gasteiger partial charge is 0.393 e. The van der Waals surface area contributed by atoms with E-state index in [2.05, 4.69) is 43.1 Å². The molecule has 0 aromatic carbocycles. The van der Waals surface area contributed by atoms with Crippen LogP contribution in [0.3, 0.4) is 0 Å². The Labute approximate surface area is 191 Å². The Kier molecular flexibility index (Phi) is 9.86. The molecule has 2 saturated carbocycles. The van der Waals surface area contributed by atoms with Gasteiger partial charge in [0.05, 0.1) is 6.10 Å². The van der Waals surface area contributed by atoms with Crippen LogP contribution in [-0.4, -0.2) is 21.9 Å². The first-order valence-electron chi connectivity index (χ1n) is 12.6. The molecule has 0 saturated heterocycles. The summed E-state index contributed by atoms with van der Waals surface area (Å²) in [5, 5.41) is 20.3. The molecule has 0 aromatic rings. The molecular formula is C29H44O2. The Balaban J connectivity index is 0.00000166. The first-order chi connectivity index (χ1) is 14.9. The lowest BCUT2D eigenvalue weighted by molar-refractivity contribution is 0.0930. The summed E-state index contributed by atoms with van der Waals surface area (Å²) in [6.45, 7) is 10.4. The maximum absolute atomic E-state index is 10.3. The number of hydrogen-bond acceptors (Lipinski definition) is 2. The van der Waals surface area contributed by atoms with Gasteiger partial charge < -0.3 is 10.2 Å². The molecule has 3 aliphatic rings.